The summed E-state index contributed by atoms with van der Waals surface area (Å²) in [4.78, 5) is 10.3. The second kappa shape index (κ2) is 4.76. The highest BCUT2D eigenvalue weighted by molar-refractivity contribution is 5.71. The van der Waals surface area contributed by atoms with Crippen molar-refractivity contribution in [2.24, 2.45) is 0 Å². The second-order valence-electron chi connectivity index (χ2n) is 1.65. The molecule has 0 saturated heterocycles. The minimum atomic E-state index is -2.47. The van der Waals surface area contributed by atoms with Crippen LogP contribution in [0.1, 0.15) is 13.3 Å². The van der Waals surface area contributed by atoms with Crippen molar-refractivity contribution in [1.29, 1.82) is 0 Å². The molecule has 0 aromatic carbocycles. The van der Waals surface area contributed by atoms with Crippen molar-refractivity contribution < 1.29 is 22.7 Å². The smallest absolute Gasteiger partial charge is 0.312 e. The zero-order chi connectivity index (χ0) is 8.85. The largest absolute Gasteiger partial charge is 0.466 e. The summed E-state index contributed by atoms with van der Waals surface area (Å²) in [5.74, 6) is -2.72. The summed E-state index contributed by atoms with van der Waals surface area (Å²) in [7, 11) is 0. The molecule has 0 bridgehead atoms. The lowest BCUT2D eigenvalue weighted by Gasteiger charge is -1.97. The van der Waals surface area contributed by atoms with E-state index >= 15 is 0 Å². The number of rotatable bonds is 3. The molecule has 0 radical (unpaired) electrons. The standard InChI is InChI=1S/C6H7F3O2/c1-2-11-5(10)3-4(7)6(8)9/h2-3H2,1H3. The fourth-order valence-electron chi connectivity index (χ4n) is 0.406. The number of carbonyl (C=O) groups excluding carboxylic acids is 1. The van der Waals surface area contributed by atoms with Gasteiger partial charge in [0.05, 0.1) is 6.61 Å². The van der Waals surface area contributed by atoms with Crippen LogP contribution < -0.4 is 0 Å². The van der Waals surface area contributed by atoms with Crippen LogP contribution in [0, 0.1) is 0 Å². The van der Waals surface area contributed by atoms with Crippen LogP contribution in [0.25, 0.3) is 0 Å². The van der Waals surface area contributed by atoms with Gasteiger partial charge in [0, 0.05) is 0 Å². The topological polar surface area (TPSA) is 26.3 Å². The van der Waals surface area contributed by atoms with Crippen molar-refractivity contribution in [2.75, 3.05) is 6.61 Å². The number of hydrogen-bond donors (Lipinski definition) is 0. The Morgan fingerprint density at radius 1 is 1.36 bits per heavy atom. The zero-order valence-electron chi connectivity index (χ0n) is 5.86. The lowest BCUT2D eigenvalue weighted by Crippen LogP contribution is -2.03. The maximum atomic E-state index is 11.9. The molecule has 0 atom stereocenters. The highest BCUT2D eigenvalue weighted by Crippen LogP contribution is 2.13. The zero-order valence-corrected chi connectivity index (χ0v) is 5.86. The third-order valence-corrected chi connectivity index (χ3v) is 0.810. The molecule has 0 rings (SSSR count). The Balaban J connectivity index is 3.86. The summed E-state index contributed by atoms with van der Waals surface area (Å²) >= 11 is 0. The average Bonchev–Trinajstić information content (AvgIpc) is 1.87. The molecule has 0 aromatic heterocycles. The predicted octanol–water partition coefficient (Wildman–Crippen LogP) is 2.02. The number of ether oxygens (including phenoxy) is 1. The minimum absolute atomic E-state index is 0.0556. The van der Waals surface area contributed by atoms with Gasteiger partial charge in [-0.25, -0.2) is 4.39 Å². The van der Waals surface area contributed by atoms with Crippen LogP contribution in [0.5, 0.6) is 0 Å². The first-order chi connectivity index (χ1) is 5.07. The maximum Gasteiger partial charge on any atom is 0.312 e. The van der Waals surface area contributed by atoms with Gasteiger partial charge in [-0.2, -0.15) is 8.78 Å². The summed E-state index contributed by atoms with van der Waals surface area (Å²) in [5.41, 5.74) is 0. The molecule has 0 aliphatic rings. The van der Waals surface area contributed by atoms with Gasteiger partial charge < -0.3 is 4.74 Å². The fraction of sp³-hybridized carbons (Fsp3) is 0.500. The van der Waals surface area contributed by atoms with Crippen LogP contribution >= 0.6 is 0 Å². The Hall–Kier alpha value is -1.00. The first-order valence-corrected chi connectivity index (χ1v) is 2.93. The fourth-order valence-corrected chi connectivity index (χ4v) is 0.406. The summed E-state index contributed by atoms with van der Waals surface area (Å²) in [6, 6.07) is 0. The van der Waals surface area contributed by atoms with Crippen molar-refractivity contribution in [2.45, 2.75) is 13.3 Å². The molecule has 11 heavy (non-hydrogen) atoms. The van der Waals surface area contributed by atoms with Crippen molar-refractivity contribution in [1.82, 2.24) is 0 Å². The number of hydrogen-bond acceptors (Lipinski definition) is 2. The van der Waals surface area contributed by atoms with E-state index in [2.05, 4.69) is 4.74 Å². The highest BCUT2D eigenvalue weighted by Gasteiger charge is 2.11. The Labute approximate surface area is 61.6 Å². The molecule has 2 nitrogen and oxygen atoms in total. The van der Waals surface area contributed by atoms with Crippen LogP contribution in [0.4, 0.5) is 13.2 Å². The van der Waals surface area contributed by atoms with E-state index in [1.807, 2.05) is 0 Å². The van der Waals surface area contributed by atoms with Gasteiger partial charge in [-0.05, 0) is 6.92 Å². The first-order valence-electron chi connectivity index (χ1n) is 2.93. The number of halogens is 3. The van der Waals surface area contributed by atoms with Gasteiger partial charge in [0.25, 0.3) is 0 Å². The first kappa shape index (κ1) is 10.0. The number of esters is 1. The normalized spacial score (nSPS) is 9.09. The molecular formula is C6H7F3O2. The van der Waals surface area contributed by atoms with Crippen molar-refractivity contribution >= 4 is 5.97 Å². The van der Waals surface area contributed by atoms with E-state index in [0.717, 1.165) is 0 Å². The van der Waals surface area contributed by atoms with Gasteiger partial charge in [-0.15, -0.1) is 0 Å². The molecule has 0 spiro atoms. The van der Waals surface area contributed by atoms with Crippen molar-refractivity contribution in [3.8, 4) is 0 Å². The van der Waals surface area contributed by atoms with E-state index in [1.165, 1.54) is 6.92 Å². The average molecular weight is 168 g/mol. The molecule has 0 aliphatic carbocycles. The molecule has 0 heterocycles. The van der Waals surface area contributed by atoms with E-state index in [9.17, 15) is 18.0 Å². The molecule has 0 amide bonds. The third-order valence-electron chi connectivity index (χ3n) is 0.810. The summed E-state index contributed by atoms with van der Waals surface area (Å²) in [5, 5.41) is 0. The van der Waals surface area contributed by atoms with E-state index in [1.54, 1.807) is 0 Å². The molecule has 64 valence electrons. The van der Waals surface area contributed by atoms with Gasteiger partial charge >= 0.3 is 12.0 Å². The van der Waals surface area contributed by atoms with Crippen LogP contribution in [0.2, 0.25) is 0 Å². The van der Waals surface area contributed by atoms with Gasteiger partial charge in [0.15, 0.2) is 5.83 Å². The molecule has 0 aromatic rings. The van der Waals surface area contributed by atoms with Crippen molar-refractivity contribution in [3.05, 3.63) is 11.9 Å². The molecular weight excluding hydrogens is 161 g/mol. The molecule has 0 aliphatic heterocycles. The van der Waals surface area contributed by atoms with Crippen LogP contribution in [-0.4, -0.2) is 12.6 Å². The van der Waals surface area contributed by atoms with E-state index in [-0.39, 0.29) is 6.61 Å². The summed E-state index contributed by atoms with van der Waals surface area (Å²) in [6.45, 7) is 1.56. The quantitative estimate of drug-likeness (QED) is 0.602. The Kier molecular flexibility index (Phi) is 4.33. The lowest BCUT2D eigenvalue weighted by molar-refractivity contribution is -0.142. The summed E-state index contributed by atoms with van der Waals surface area (Å²) in [6.07, 6.45) is -3.46. The third kappa shape index (κ3) is 4.41. The maximum absolute atomic E-state index is 11.9. The van der Waals surface area contributed by atoms with E-state index in [4.69, 9.17) is 0 Å². The highest BCUT2D eigenvalue weighted by atomic mass is 19.3. The molecule has 0 saturated carbocycles. The number of carbonyl (C=O) groups is 1. The Bertz CT molecular complexity index is 173. The SMILES string of the molecule is CCOC(=O)CC(F)=C(F)F. The van der Waals surface area contributed by atoms with Crippen molar-refractivity contribution in [3.63, 3.8) is 0 Å². The van der Waals surface area contributed by atoms with E-state index < -0.39 is 24.3 Å². The second-order valence-corrected chi connectivity index (χ2v) is 1.65. The summed E-state index contributed by atoms with van der Waals surface area (Å²) < 4.78 is 38.8. The molecule has 5 heteroatoms. The minimum Gasteiger partial charge on any atom is -0.466 e. The Morgan fingerprint density at radius 2 is 1.91 bits per heavy atom. The van der Waals surface area contributed by atoms with Gasteiger partial charge in [0.1, 0.15) is 6.42 Å². The van der Waals surface area contributed by atoms with Gasteiger partial charge in [0.2, 0.25) is 0 Å². The van der Waals surface area contributed by atoms with Gasteiger partial charge in [-0.3, -0.25) is 4.79 Å². The lowest BCUT2D eigenvalue weighted by atomic mass is 10.4. The Morgan fingerprint density at radius 3 is 2.27 bits per heavy atom. The molecule has 0 N–H and O–H groups in total. The molecule has 0 unspecified atom stereocenters. The van der Waals surface area contributed by atoms with Crippen LogP contribution in [-0.2, 0) is 9.53 Å². The monoisotopic (exact) mass is 168 g/mol. The molecule has 0 fully saturated rings. The predicted molar refractivity (Wildman–Crippen MR) is 31.6 cm³/mol. The van der Waals surface area contributed by atoms with E-state index in [0.29, 0.717) is 0 Å². The van der Waals surface area contributed by atoms with Gasteiger partial charge in [-0.1, -0.05) is 0 Å². The van der Waals surface area contributed by atoms with Crippen LogP contribution in [0.3, 0.4) is 0 Å². The van der Waals surface area contributed by atoms with Crippen LogP contribution in [0.15, 0.2) is 11.9 Å².